The lowest BCUT2D eigenvalue weighted by Crippen LogP contribution is -2.54. The van der Waals surface area contributed by atoms with Crippen LogP contribution in [-0.4, -0.2) is 46.6 Å². The molecule has 0 saturated heterocycles. The molecule has 5 N–H and O–H groups in total. The normalized spacial score (nSPS) is 13.2. The van der Waals surface area contributed by atoms with Gasteiger partial charge in [-0.2, -0.15) is 13.2 Å². The molecule has 0 aliphatic carbocycles. The number of nitrogens with one attached hydrogen (secondary N) is 1. The predicted molar refractivity (Wildman–Crippen MR) is 70.7 cm³/mol. The Morgan fingerprint density at radius 2 is 1.71 bits per heavy atom. The van der Waals surface area contributed by atoms with E-state index >= 15 is 0 Å². The highest BCUT2D eigenvalue weighted by Crippen LogP contribution is 2.24. The monoisotopic (exact) mass is 350 g/mol. The van der Waals surface area contributed by atoms with Gasteiger partial charge < -0.3 is 20.7 Å². The summed E-state index contributed by atoms with van der Waals surface area (Å²) in [6.07, 6.45) is -5.36. The molecule has 0 radical (unpaired) electrons. The third-order valence-electron chi connectivity index (χ3n) is 2.79. The molecule has 0 aliphatic rings. The van der Waals surface area contributed by atoms with Crippen molar-refractivity contribution in [3.63, 3.8) is 0 Å². The molecule has 1 aromatic carbocycles. The Morgan fingerprint density at radius 3 is 2.17 bits per heavy atom. The van der Waals surface area contributed by atoms with Crippen LogP contribution in [0.25, 0.3) is 0 Å². The Labute approximate surface area is 133 Å². The largest absolute Gasteiger partial charge is 0.491 e. The molecule has 1 atom stereocenters. The molecule has 1 unspecified atom stereocenters. The summed E-state index contributed by atoms with van der Waals surface area (Å²) < 4.78 is 39.5. The van der Waals surface area contributed by atoms with Crippen molar-refractivity contribution in [3.8, 4) is 0 Å². The van der Waals surface area contributed by atoms with Gasteiger partial charge in [-0.15, -0.1) is 0 Å². The summed E-state index contributed by atoms with van der Waals surface area (Å²) in [5.41, 5.74) is 4.95. The Kier molecular flexibility index (Phi) is 6.01. The Balaban J connectivity index is 2.86. The average Bonchev–Trinajstić information content (AvgIpc) is 2.47. The first-order valence-electron chi connectivity index (χ1n) is 6.31. The van der Waals surface area contributed by atoms with Crippen molar-refractivity contribution in [2.45, 2.75) is 18.0 Å². The van der Waals surface area contributed by atoms with E-state index in [4.69, 9.17) is 5.73 Å². The van der Waals surface area contributed by atoms with Crippen molar-refractivity contribution in [2.24, 2.45) is 5.73 Å². The van der Waals surface area contributed by atoms with E-state index in [0.29, 0.717) is 0 Å². The lowest BCUT2D eigenvalue weighted by molar-refractivity contribution is -0.202. The summed E-state index contributed by atoms with van der Waals surface area (Å²) in [7, 11) is 0. The van der Waals surface area contributed by atoms with Crippen LogP contribution in [0.1, 0.15) is 11.6 Å². The number of ether oxygens (including phenoxy) is 1. The highest BCUT2D eigenvalue weighted by Gasteiger charge is 2.44. The van der Waals surface area contributed by atoms with Crippen LogP contribution >= 0.6 is 0 Å². The molecule has 0 aliphatic heterocycles. The SMILES string of the molecule is NC(=O)C(O)(O)C(NCC(=O)OC(=O)C(F)(F)F)c1ccccc1. The Hall–Kier alpha value is -2.50. The topological polar surface area (TPSA) is 139 Å². The van der Waals surface area contributed by atoms with Gasteiger partial charge in [-0.05, 0) is 5.56 Å². The van der Waals surface area contributed by atoms with Crippen LogP contribution in [0.3, 0.4) is 0 Å². The molecule has 1 aromatic rings. The van der Waals surface area contributed by atoms with Crippen molar-refractivity contribution < 1.29 is 42.5 Å². The lowest BCUT2D eigenvalue weighted by Gasteiger charge is -2.29. The third-order valence-corrected chi connectivity index (χ3v) is 2.79. The maximum Gasteiger partial charge on any atom is 0.491 e. The molecule has 8 nitrogen and oxygen atoms in total. The molecule has 0 fully saturated rings. The van der Waals surface area contributed by atoms with Gasteiger partial charge in [0, 0.05) is 0 Å². The zero-order chi connectivity index (χ0) is 18.5. The molecular weight excluding hydrogens is 337 g/mol. The van der Waals surface area contributed by atoms with Crippen LogP contribution in [0.4, 0.5) is 13.2 Å². The van der Waals surface area contributed by atoms with Gasteiger partial charge in [-0.3, -0.25) is 14.9 Å². The number of benzene rings is 1. The number of carbonyl (C=O) groups is 3. The summed E-state index contributed by atoms with van der Waals surface area (Å²) in [6.45, 7) is -1.03. The number of aliphatic hydroxyl groups is 2. The van der Waals surface area contributed by atoms with Gasteiger partial charge in [0.05, 0.1) is 12.6 Å². The Bertz CT molecular complexity index is 618. The fraction of sp³-hybridized carbons (Fsp3) is 0.308. The fourth-order valence-corrected chi connectivity index (χ4v) is 1.66. The zero-order valence-corrected chi connectivity index (χ0v) is 11.9. The predicted octanol–water partition coefficient (Wildman–Crippen LogP) is -0.884. The van der Waals surface area contributed by atoms with Gasteiger partial charge in [0.25, 0.3) is 11.7 Å². The van der Waals surface area contributed by atoms with E-state index < -0.39 is 42.4 Å². The highest BCUT2D eigenvalue weighted by atomic mass is 19.4. The number of esters is 2. The number of alkyl halides is 3. The van der Waals surface area contributed by atoms with Gasteiger partial charge in [0.1, 0.15) is 0 Å². The molecule has 132 valence electrons. The standard InChI is InChI=1S/C13H13F3N2O6/c14-13(15,16)11(21)24-8(19)6-18-9(12(22,23)10(17)20)7-4-2-1-3-5-7/h1-5,9,18,22-23H,6H2,(H2,17,20). The van der Waals surface area contributed by atoms with Crippen molar-refractivity contribution in [1.82, 2.24) is 5.32 Å². The minimum Gasteiger partial charge on any atom is -0.385 e. The van der Waals surface area contributed by atoms with Crippen LogP contribution in [0, 0.1) is 0 Å². The van der Waals surface area contributed by atoms with Gasteiger partial charge in [0.15, 0.2) is 0 Å². The van der Waals surface area contributed by atoms with Crippen molar-refractivity contribution in [2.75, 3.05) is 6.54 Å². The van der Waals surface area contributed by atoms with Crippen molar-refractivity contribution in [3.05, 3.63) is 35.9 Å². The fourth-order valence-electron chi connectivity index (χ4n) is 1.66. The first kappa shape index (κ1) is 19.5. The highest BCUT2D eigenvalue weighted by molar-refractivity contribution is 5.89. The number of primary amides is 1. The maximum atomic E-state index is 12.0. The van der Waals surface area contributed by atoms with Gasteiger partial charge in [0.2, 0.25) is 0 Å². The summed E-state index contributed by atoms with van der Waals surface area (Å²) in [4.78, 5) is 32.9. The van der Waals surface area contributed by atoms with Crippen molar-refractivity contribution >= 4 is 17.8 Å². The molecular formula is C13H13F3N2O6. The van der Waals surface area contributed by atoms with E-state index in [-0.39, 0.29) is 5.56 Å². The second kappa shape index (κ2) is 7.38. The summed E-state index contributed by atoms with van der Waals surface area (Å²) in [5.74, 6) is -9.09. The number of amides is 1. The molecule has 24 heavy (non-hydrogen) atoms. The first-order valence-corrected chi connectivity index (χ1v) is 6.31. The zero-order valence-electron chi connectivity index (χ0n) is 11.9. The van der Waals surface area contributed by atoms with Gasteiger partial charge >= 0.3 is 18.1 Å². The number of halogens is 3. The lowest BCUT2D eigenvalue weighted by atomic mass is 9.97. The minimum atomic E-state index is -5.36. The molecule has 11 heteroatoms. The van der Waals surface area contributed by atoms with Crippen LogP contribution in [0.15, 0.2) is 30.3 Å². The second-order valence-electron chi connectivity index (χ2n) is 4.57. The third kappa shape index (κ3) is 5.01. The summed E-state index contributed by atoms with van der Waals surface area (Å²) >= 11 is 0. The van der Waals surface area contributed by atoms with Crippen LogP contribution in [0.2, 0.25) is 0 Å². The second-order valence-corrected chi connectivity index (χ2v) is 4.57. The maximum absolute atomic E-state index is 12.0. The number of hydrogen-bond donors (Lipinski definition) is 4. The molecule has 0 aromatic heterocycles. The smallest absolute Gasteiger partial charge is 0.385 e. The van der Waals surface area contributed by atoms with E-state index in [2.05, 4.69) is 10.1 Å². The van der Waals surface area contributed by atoms with E-state index in [1.54, 1.807) is 6.07 Å². The molecule has 0 bridgehead atoms. The molecule has 0 saturated carbocycles. The van der Waals surface area contributed by atoms with Crippen molar-refractivity contribution in [1.29, 1.82) is 0 Å². The average molecular weight is 350 g/mol. The molecule has 1 rings (SSSR count). The Morgan fingerprint density at radius 1 is 1.17 bits per heavy atom. The molecule has 0 spiro atoms. The first-order chi connectivity index (χ1) is 11.0. The number of nitrogens with two attached hydrogens (primary N) is 1. The van der Waals surface area contributed by atoms with Crippen LogP contribution < -0.4 is 11.1 Å². The quantitative estimate of drug-likeness (QED) is 0.297. The van der Waals surface area contributed by atoms with E-state index in [9.17, 15) is 37.8 Å². The van der Waals surface area contributed by atoms with E-state index in [1.807, 2.05) is 0 Å². The summed E-state index contributed by atoms with van der Waals surface area (Å²) in [5, 5.41) is 21.6. The number of hydrogen-bond acceptors (Lipinski definition) is 7. The number of carbonyl (C=O) groups excluding carboxylic acids is 3. The van der Waals surface area contributed by atoms with Crippen LogP contribution in [-0.2, 0) is 19.1 Å². The molecule has 0 heterocycles. The summed E-state index contributed by atoms with van der Waals surface area (Å²) in [6, 6.07) is 5.52. The van der Waals surface area contributed by atoms with Gasteiger partial charge in [-0.25, -0.2) is 4.79 Å². The van der Waals surface area contributed by atoms with Crippen LogP contribution in [0.5, 0.6) is 0 Å². The van der Waals surface area contributed by atoms with Gasteiger partial charge in [-0.1, -0.05) is 30.3 Å². The van der Waals surface area contributed by atoms with E-state index in [0.717, 1.165) is 0 Å². The van der Waals surface area contributed by atoms with E-state index in [1.165, 1.54) is 24.3 Å². The number of rotatable bonds is 6. The minimum absolute atomic E-state index is 0.0937. The molecule has 1 amide bonds.